The van der Waals surface area contributed by atoms with Crippen molar-refractivity contribution in [3.63, 3.8) is 0 Å². The summed E-state index contributed by atoms with van der Waals surface area (Å²) >= 11 is 0. The van der Waals surface area contributed by atoms with Crippen molar-refractivity contribution in [3.8, 4) is 0 Å². The Labute approximate surface area is 132 Å². The van der Waals surface area contributed by atoms with Gasteiger partial charge in [-0.2, -0.15) is 0 Å². The van der Waals surface area contributed by atoms with Gasteiger partial charge in [-0.05, 0) is 20.0 Å². The van der Waals surface area contributed by atoms with E-state index >= 15 is 0 Å². The Balaban J connectivity index is 2.00. The van der Waals surface area contributed by atoms with Crippen LogP contribution in [0.4, 0.5) is 5.69 Å². The molecule has 1 N–H and O–H groups in total. The first-order chi connectivity index (χ1) is 10.8. The van der Waals surface area contributed by atoms with E-state index < -0.39 is 0 Å². The van der Waals surface area contributed by atoms with E-state index in [4.69, 9.17) is 4.99 Å². The predicted molar refractivity (Wildman–Crippen MR) is 94.1 cm³/mol. The highest BCUT2D eigenvalue weighted by Crippen LogP contribution is 2.26. The Hall–Kier alpha value is -2.13. The minimum Gasteiger partial charge on any atom is -0.368 e. The molecule has 1 aliphatic heterocycles. The smallest absolute Gasteiger partial charge is 0.0740 e. The number of para-hydroxylation sites is 1. The molecule has 1 heterocycles. The van der Waals surface area contributed by atoms with Gasteiger partial charge in [0.1, 0.15) is 0 Å². The van der Waals surface area contributed by atoms with E-state index in [1.807, 2.05) is 13.1 Å². The molecule has 22 heavy (non-hydrogen) atoms. The third-order valence-corrected chi connectivity index (χ3v) is 4.17. The molecule has 0 amide bonds. The summed E-state index contributed by atoms with van der Waals surface area (Å²) in [6.07, 6.45) is 0. The first kappa shape index (κ1) is 14.8. The number of hydrogen-bond acceptors (Lipinski definition) is 3. The zero-order valence-corrected chi connectivity index (χ0v) is 13.3. The lowest BCUT2D eigenvalue weighted by molar-refractivity contribution is 0.588. The second kappa shape index (κ2) is 6.75. The van der Waals surface area contributed by atoms with Gasteiger partial charge in [-0.15, -0.1) is 0 Å². The maximum atomic E-state index is 4.87. The molecule has 1 atom stereocenters. The fourth-order valence-electron chi connectivity index (χ4n) is 2.89. The number of hydrogen-bond donors (Lipinski definition) is 1. The van der Waals surface area contributed by atoms with Gasteiger partial charge in [0, 0.05) is 35.9 Å². The number of anilines is 1. The molecule has 114 valence electrons. The van der Waals surface area contributed by atoms with Crippen molar-refractivity contribution >= 4 is 11.4 Å². The van der Waals surface area contributed by atoms with Crippen molar-refractivity contribution < 1.29 is 0 Å². The van der Waals surface area contributed by atoms with E-state index in [-0.39, 0.29) is 0 Å². The molecular weight excluding hydrogens is 270 g/mol. The Morgan fingerprint density at radius 3 is 2.59 bits per heavy atom. The van der Waals surface area contributed by atoms with Crippen LogP contribution in [0, 0.1) is 0 Å². The first-order valence-electron chi connectivity index (χ1n) is 7.91. The highest BCUT2D eigenvalue weighted by molar-refractivity contribution is 6.16. The molecule has 1 aliphatic rings. The zero-order valence-electron chi connectivity index (χ0n) is 13.3. The van der Waals surface area contributed by atoms with Crippen molar-refractivity contribution in [2.75, 3.05) is 31.6 Å². The molecule has 0 aromatic heterocycles. The van der Waals surface area contributed by atoms with Gasteiger partial charge in [0.25, 0.3) is 0 Å². The van der Waals surface area contributed by atoms with E-state index in [1.54, 1.807) is 0 Å². The van der Waals surface area contributed by atoms with Gasteiger partial charge in [0.15, 0.2) is 0 Å². The summed E-state index contributed by atoms with van der Waals surface area (Å²) in [6.45, 7) is 4.99. The number of benzodiazepines with no additional fused rings is 1. The van der Waals surface area contributed by atoms with Crippen molar-refractivity contribution in [1.29, 1.82) is 0 Å². The summed E-state index contributed by atoms with van der Waals surface area (Å²) in [4.78, 5) is 7.31. The fourth-order valence-corrected chi connectivity index (χ4v) is 2.89. The molecule has 0 bridgehead atoms. The van der Waals surface area contributed by atoms with Gasteiger partial charge in [0.2, 0.25) is 0 Å². The number of benzene rings is 2. The van der Waals surface area contributed by atoms with Crippen LogP contribution in [0.2, 0.25) is 0 Å². The molecule has 2 aromatic carbocycles. The van der Waals surface area contributed by atoms with Gasteiger partial charge in [-0.3, -0.25) is 4.99 Å². The normalized spacial score (nSPS) is 15.7. The van der Waals surface area contributed by atoms with Crippen LogP contribution in [0.5, 0.6) is 0 Å². The first-order valence-corrected chi connectivity index (χ1v) is 7.91. The van der Waals surface area contributed by atoms with Crippen molar-refractivity contribution in [2.45, 2.75) is 13.0 Å². The highest BCUT2D eigenvalue weighted by atomic mass is 15.2. The number of fused-ring (bicyclic) bond motifs is 1. The average Bonchev–Trinajstić information content (AvgIpc) is 2.75. The quantitative estimate of drug-likeness (QED) is 0.938. The summed E-state index contributed by atoms with van der Waals surface area (Å²) < 4.78 is 0. The molecule has 2 aromatic rings. The maximum absolute atomic E-state index is 4.87. The fraction of sp³-hybridized carbons (Fsp3) is 0.316. The minimum atomic E-state index is 0.450. The van der Waals surface area contributed by atoms with Gasteiger partial charge in [-0.25, -0.2) is 0 Å². The van der Waals surface area contributed by atoms with Crippen molar-refractivity contribution in [1.82, 2.24) is 5.32 Å². The van der Waals surface area contributed by atoms with Crippen LogP contribution in [0.15, 0.2) is 59.6 Å². The summed E-state index contributed by atoms with van der Waals surface area (Å²) in [6, 6.07) is 19.5. The molecule has 0 aliphatic carbocycles. The maximum Gasteiger partial charge on any atom is 0.0740 e. The second-order valence-electron chi connectivity index (χ2n) is 5.75. The molecule has 0 radical (unpaired) electrons. The summed E-state index contributed by atoms with van der Waals surface area (Å²) in [5.74, 6) is 0. The van der Waals surface area contributed by atoms with E-state index in [0.29, 0.717) is 6.04 Å². The molecule has 0 spiro atoms. The lowest BCUT2D eigenvalue weighted by atomic mass is 10.00. The lowest BCUT2D eigenvalue weighted by Crippen LogP contribution is -2.38. The van der Waals surface area contributed by atoms with Crippen LogP contribution in [0.3, 0.4) is 0 Å². The topological polar surface area (TPSA) is 27.6 Å². The molecule has 1 unspecified atom stereocenters. The Bertz CT molecular complexity index is 649. The van der Waals surface area contributed by atoms with Crippen LogP contribution in [0.25, 0.3) is 0 Å². The van der Waals surface area contributed by atoms with Gasteiger partial charge >= 0.3 is 0 Å². The molecule has 0 fully saturated rings. The number of likely N-dealkylation sites (N-methyl/N-ethyl adjacent to an activating group) is 1. The Morgan fingerprint density at radius 2 is 1.82 bits per heavy atom. The third-order valence-electron chi connectivity index (χ3n) is 4.17. The van der Waals surface area contributed by atoms with E-state index in [2.05, 4.69) is 65.7 Å². The predicted octanol–water partition coefficient (Wildman–Crippen LogP) is 2.95. The number of aliphatic imine (C=N–C) groups is 1. The molecule has 0 saturated heterocycles. The second-order valence-corrected chi connectivity index (χ2v) is 5.75. The summed E-state index contributed by atoms with van der Waals surface area (Å²) in [7, 11) is 2.01. The number of nitrogens with one attached hydrogen (secondary N) is 1. The van der Waals surface area contributed by atoms with E-state index in [0.717, 1.165) is 25.3 Å². The van der Waals surface area contributed by atoms with Crippen LogP contribution >= 0.6 is 0 Å². The van der Waals surface area contributed by atoms with Crippen LogP contribution in [-0.2, 0) is 0 Å². The Kier molecular flexibility index (Phi) is 4.54. The van der Waals surface area contributed by atoms with E-state index in [9.17, 15) is 0 Å². The monoisotopic (exact) mass is 293 g/mol. The van der Waals surface area contributed by atoms with Gasteiger partial charge in [-0.1, -0.05) is 48.5 Å². The van der Waals surface area contributed by atoms with Crippen LogP contribution in [0.1, 0.15) is 18.1 Å². The third kappa shape index (κ3) is 3.04. The standard InChI is InChI=1S/C19H23N3/c1-15(20-2)14-22-13-12-21-19(16-8-4-3-5-9-16)17-10-6-7-11-18(17)22/h3-11,15,20H,12-14H2,1-2H3. The molecule has 0 saturated carbocycles. The van der Waals surface area contributed by atoms with Crippen LogP contribution in [-0.4, -0.2) is 38.4 Å². The molecule has 3 rings (SSSR count). The average molecular weight is 293 g/mol. The van der Waals surface area contributed by atoms with Crippen molar-refractivity contribution in [2.24, 2.45) is 4.99 Å². The Morgan fingerprint density at radius 1 is 1.09 bits per heavy atom. The minimum absolute atomic E-state index is 0.450. The lowest BCUT2D eigenvalue weighted by Gasteiger charge is -2.27. The SMILES string of the molecule is CNC(C)CN1CCN=C(c2ccccc2)c2ccccc21. The molecule has 3 nitrogen and oxygen atoms in total. The molecule has 3 heteroatoms. The molecular formula is C19H23N3. The zero-order chi connectivity index (χ0) is 15.4. The summed E-state index contributed by atoms with van der Waals surface area (Å²) in [5.41, 5.74) is 4.81. The summed E-state index contributed by atoms with van der Waals surface area (Å²) in [5, 5.41) is 3.33. The van der Waals surface area contributed by atoms with Gasteiger partial charge < -0.3 is 10.2 Å². The van der Waals surface area contributed by atoms with Crippen LogP contribution < -0.4 is 10.2 Å². The highest BCUT2D eigenvalue weighted by Gasteiger charge is 2.20. The van der Waals surface area contributed by atoms with Crippen molar-refractivity contribution in [3.05, 3.63) is 65.7 Å². The van der Waals surface area contributed by atoms with E-state index in [1.165, 1.54) is 16.8 Å². The number of rotatable bonds is 4. The van der Waals surface area contributed by atoms with Gasteiger partial charge in [0.05, 0.1) is 12.3 Å². The number of nitrogens with zero attached hydrogens (tertiary/aromatic N) is 2. The largest absolute Gasteiger partial charge is 0.368 e.